The fourth-order valence-electron chi connectivity index (χ4n) is 0.788. The molecule has 12 heavy (non-hydrogen) atoms. The first-order valence-corrected chi connectivity index (χ1v) is 3.84. The van der Waals surface area contributed by atoms with Gasteiger partial charge in [-0.15, -0.1) is 0 Å². The zero-order chi connectivity index (χ0) is 9.78. The summed E-state index contributed by atoms with van der Waals surface area (Å²) in [6, 6.07) is 2.04. The molecular weight excluding hydrogens is 150 g/mol. The second-order valence-corrected chi connectivity index (χ2v) is 3.68. The Morgan fingerprint density at radius 1 is 1.58 bits per heavy atom. The van der Waals surface area contributed by atoms with Gasteiger partial charge in [-0.25, -0.2) is 0 Å². The molecule has 0 heterocycles. The summed E-state index contributed by atoms with van der Waals surface area (Å²) >= 11 is 0. The highest BCUT2D eigenvalue weighted by atomic mass is 14.7. The van der Waals surface area contributed by atoms with E-state index in [0.717, 1.165) is 0 Å². The van der Waals surface area contributed by atoms with Crippen molar-refractivity contribution in [1.82, 2.24) is 0 Å². The van der Waals surface area contributed by atoms with Crippen LogP contribution in [-0.4, -0.2) is 19.0 Å². The first kappa shape index (κ1) is 10.8. The average molecular weight is 165 g/mol. The van der Waals surface area contributed by atoms with Crippen LogP contribution in [0.2, 0.25) is 0 Å². The van der Waals surface area contributed by atoms with E-state index in [9.17, 15) is 0 Å². The van der Waals surface area contributed by atoms with Gasteiger partial charge in [0, 0.05) is 24.4 Å². The van der Waals surface area contributed by atoms with Crippen LogP contribution in [0.15, 0.2) is 4.99 Å². The Morgan fingerprint density at radius 3 is 2.33 bits per heavy atom. The Labute approximate surface area is 73.6 Å². The molecule has 0 saturated carbocycles. The molecule has 1 unspecified atom stereocenters. The fourth-order valence-corrected chi connectivity index (χ4v) is 0.788. The van der Waals surface area contributed by atoms with Gasteiger partial charge in [0.25, 0.3) is 0 Å². The summed E-state index contributed by atoms with van der Waals surface area (Å²) in [5, 5.41) is 16.4. The Kier molecular flexibility index (Phi) is 3.62. The second kappa shape index (κ2) is 4.01. The summed E-state index contributed by atoms with van der Waals surface area (Å²) < 4.78 is 0. The topological polar surface area (TPSA) is 60.0 Å². The maximum Gasteiger partial charge on any atom is 0.119 e. The van der Waals surface area contributed by atoms with Crippen LogP contribution in [0.5, 0.6) is 0 Å². The van der Waals surface area contributed by atoms with Gasteiger partial charge in [-0.05, 0) is 0 Å². The first-order valence-electron chi connectivity index (χ1n) is 3.84. The summed E-state index contributed by atoms with van der Waals surface area (Å²) in [4.78, 5) is 3.75. The smallest absolute Gasteiger partial charge is 0.119 e. The van der Waals surface area contributed by atoms with Crippen molar-refractivity contribution in [3.05, 3.63) is 0 Å². The summed E-state index contributed by atoms with van der Waals surface area (Å²) in [5.41, 5.74) is 0.164. The minimum atomic E-state index is -0.477. The second-order valence-electron chi connectivity index (χ2n) is 3.68. The molecule has 1 N–H and O–H groups in total. The van der Waals surface area contributed by atoms with Crippen LogP contribution in [0.25, 0.3) is 0 Å². The third-order valence-electron chi connectivity index (χ3n) is 1.56. The molecule has 0 bridgehead atoms. The molecule has 1 atom stereocenters. The zero-order valence-corrected chi connectivity index (χ0v) is 8.05. The largest absolute Gasteiger partial charge is 0.307 e. The van der Waals surface area contributed by atoms with Crippen molar-refractivity contribution >= 4 is 11.9 Å². The Balaban J connectivity index is 4.58. The Morgan fingerprint density at radius 2 is 2.08 bits per heavy atom. The molecule has 0 spiro atoms. The molecule has 0 aromatic carbocycles. The molecule has 3 nitrogen and oxygen atoms in total. The molecule has 0 fully saturated rings. The van der Waals surface area contributed by atoms with Crippen molar-refractivity contribution in [2.24, 2.45) is 16.3 Å². The van der Waals surface area contributed by atoms with E-state index in [0.29, 0.717) is 5.71 Å². The number of aliphatic imine (C=N–C) groups is 1. The normalized spacial score (nSPS) is 14.2. The molecule has 0 radical (unpaired) electrons. The van der Waals surface area contributed by atoms with Gasteiger partial charge < -0.3 is 5.41 Å². The lowest BCUT2D eigenvalue weighted by Gasteiger charge is -2.21. The Bertz CT molecular complexity index is 227. The van der Waals surface area contributed by atoms with Crippen LogP contribution in [0, 0.1) is 28.1 Å². The maximum atomic E-state index is 8.71. The summed E-state index contributed by atoms with van der Waals surface area (Å²) in [5.74, 6) is -0.477. The van der Waals surface area contributed by atoms with Crippen molar-refractivity contribution in [3.63, 3.8) is 0 Å². The van der Waals surface area contributed by atoms with Gasteiger partial charge in [0.2, 0.25) is 0 Å². The van der Waals surface area contributed by atoms with Gasteiger partial charge in [0.1, 0.15) is 5.92 Å². The van der Waals surface area contributed by atoms with E-state index in [2.05, 4.69) is 4.99 Å². The SMILES string of the molecule is CN=CC(C#N)C(=N)C(C)(C)C. The number of rotatable bonds is 2. The molecule has 66 valence electrons. The quantitative estimate of drug-likeness (QED) is 0.624. The van der Waals surface area contributed by atoms with E-state index in [1.165, 1.54) is 6.21 Å². The number of nitriles is 1. The molecule has 0 aromatic rings. The van der Waals surface area contributed by atoms with E-state index >= 15 is 0 Å². The molecule has 0 aliphatic carbocycles. The van der Waals surface area contributed by atoms with Crippen molar-refractivity contribution in [3.8, 4) is 6.07 Å². The lowest BCUT2D eigenvalue weighted by Crippen LogP contribution is -2.27. The highest BCUT2D eigenvalue weighted by Crippen LogP contribution is 2.19. The van der Waals surface area contributed by atoms with E-state index in [1.54, 1.807) is 7.05 Å². The standard InChI is InChI=1S/C9H15N3/c1-9(2,3)8(11)7(5-10)6-12-4/h6-7,11H,1-4H3. The molecule has 0 saturated heterocycles. The van der Waals surface area contributed by atoms with E-state index in [1.807, 2.05) is 26.8 Å². The van der Waals surface area contributed by atoms with Gasteiger partial charge in [0.05, 0.1) is 6.07 Å². The van der Waals surface area contributed by atoms with Crippen LogP contribution in [-0.2, 0) is 0 Å². The van der Waals surface area contributed by atoms with Gasteiger partial charge in [-0.2, -0.15) is 5.26 Å². The van der Waals surface area contributed by atoms with Crippen molar-refractivity contribution in [2.45, 2.75) is 20.8 Å². The third kappa shape index (κ3) is 2.83. The number of nitrogens with zero attached hydrogens (tertiary/aromatic N) is 2. The van der Waals surface area contributed by atoms with Crippen molar-refractivity contribution < 1.29 is 0 Å². The number of hydrogen-bond acceptors (Lipinski definition) is 3. The van der Waals surface area contributed by atoms with Gasteiger partial charge in [0.15, 0.2) is 0 Å². The summed E-state index contributed by atoms with van der Waals surface area (Å²) in [6.45, 7) is 5.76. The lowest BCUT2D eigenvalue weighted by atomic mass is 9.83. The monoisotopic (exact) mass is 165 g/mol. The van der Waals surface area contributed by atoms with Crippen LogP contribution < -0.4 is 0 Å². The van der Waals surface area contributed by atoms with Gasteiger partial charge in [-0.1, -0.05) is 20.8 Å². The van der Waals surface area contributed by atoms with Crippen molar-refractivity contribution in [1.29, 1.82) is 10.7 Å². The molecule has 0 amide bonds. The molecule has 0 rings (SSSR count). The number of nitrogens with one attached hydrogen (secondary N) is 1. The highest BCUT2D eigenvalue weighted by Gasteiger charge is 2.24. The van der Waals surface area contributed by atoms with E-state index in [4.69, 9.17) is 10.7 Å². The average Bonchev–Trinajstić information content (AvgIpc) is 1.97. The van der Waals surface area contributed by atoms with Gasteiger partial charge in [-0.3, -0.25) is 4.99 Å². The maximum absolute atomic E-state index is 8.71. The van der Waals surface area contributed by atoms with Crippen molar-refractivity contribution in [2.75, 3.05) is 7.05 Å². The van der Waals surface area contributed by atoms with Crippen LogP contribution in [0.4, 0.5) is 0 Å². The minimum absolute atomic E-state index is 0.248. The summed E-state index contributed by atoms with van der Waals surface area (Å²) in [6.07, 6.45) is 1.51. The zero-order valence-electron chi connectivity index (χ0n) is 8.05. The van der Waals surface area contributed by atoms with Crippen LogP contribution in [0.1, 0.15) is 20.8 Å². The predicted molar refractivity (Wildman–Crippen MR) is 50.7 cm³/mol. The van der Waals surface area contributed by atoms with Gasteiger partial charge >= 0.3 is 0 Å². The molecule has 0 aliphatic rings. The molecule has 0 aromatic heterocycles. The Hall–Kier alpha value is -1.17. The summed E-state index contributed by atoms with van der Waals surface area (Å²) in [7, 11) is 1.61. The molecule has 0 aliphatic heterocycles. The van der Waals surface area contributed by atoms with E-state index < -0.39 is 5.92 Å². The lowest BCUT2D eigenvalue weighted by molar-refractivity contribution is 0.572. The highest BCUT2D eigenvalue weighted by molar-refractivity contribution is 6.02. The van der Waals surface area contributed by atoms with E-state index in [-0.39, 0.29) is 5.41 Å². The molecule has 3 heteroatoms. The minimum Gasteiger partial charge on any atom is -0.307 e. The predicted octanol–water partition coefficient (Wildman–Crippen LogP) is 1.89. The molecular formula is C9H15N3. The van der Waals surface area contributed by atoms with Crippen LogP contribution >= 0.6 is 0 Å². The third-order valence-corrected chi connectivity index (χ3v) is 1.56. The fraction of sp³-hybridized carbons (Fsp3) is 0.667. The number of hydrogen-bond donors (Lipinski definition) is 1. The first-order chi connectivity index (χ1) is 5.43. The van der Waals surface area contributed by atoms with Crippen LogP contribution in [0.3, 0.4) is 0 Å².